The fourth-order valence-electron chi connectivity index (χ4n) is 4.23. The minimum Gasteiger partial charge on any atom is -0.505 e. The van der Waals surface area contributed by atoms with Gasteiger partial charge in [-0.1, -0.05) is 0 Å². The number of nitriles is 1. The summed E-state index contributed by atoms with van der Waals surface area (Å²) in [6, 6.07) is 3.20. The molecule has 1 aliphatic heterocycles. The normalized spacial score (nSPS) is 19.2. The number of benzene rings is 1. The number of aromatic nitrogens is 1. The van der Waals surface area contributed by atoms with Crippen LogP contribution in [-0.2, 0) is 0 Å². The number of fused-ring (bicyclic) bond motifs is 2. The summed E-state index contributed by atoms with van der Waals surface area (Å²) in [5.41, 5.74) is 0.175. The third-order valence-corrected chi connectivity index (χ3v) is 6.76. The van der Waals surface area contributed by atoms with Crippen LogP contribution >= 0.6 is 11.3 Å². The molecule has 9 heteroatoms. The molecule has 0 amide bonds. The number of aliphatic hydroxyl groups excluding tert-OH is 1. The van der Waals surface area contributed by atoms with Crippen LogP contribution in [0.2, 0.25) is 0 Å². The Bertz CT molecular complexity index is 1270. The van der Waals surface area contributed by atoms with Crippen LogP contribution in [0.3, 0.4) is 0 Å². The van der Waals surface area contributed by atoms with Gasteiger partial charge in [0.25, 0.3) is 0 Å². The molecule has 1 saturated carbocycles. The Balaban J connectivity index is 1.95. The number of hydrogen-bond acceptors (Lipinski definition) is 7. The first-order valence-electron chi connectivity index (χ1n) is 9.39. The summed E-state index contributed by atoms with van der Waals surface area (Å²) in [6.07, 6.45) is 1.74. The Labute approximate surface area is 168 Å². The van der Waals surface area contributed by atoms with Crippen LogP contribution in [-0.4, -0.2) is 41.1 Å². The minimum atomic E-state index is -0.613. The highest BCUT2D eigenvalue weighted by Gasteiger charge is 2.34. The van der Waals surface area contributed by atoms with E-state index in [1.54, 1.807) is 4.90 Å². The molecule has 1 saturated heterocycles. The number of rotatable bonds is 3. The number of nitrogens with zero attached hydrogens (tertiary/aromatic N) is 3. The lowest BCUT2D eigenvalue weighted by Gasteiger charge is -2.24. The van der Waals surface area contributed by atoms with Crippen LogP contribution in [0.15, 0.2) is 10.9 Å². The largest absolute Gasteiger partial charge is 0.505 e. The zero-order chi connectivity index (χ0) is 20.4. The first kappa shape index (κ1) is 18.2. The third-order valence-electron chi connectivity index (χ3n) is 5.68. The molecule has 3 heterocycles. The average molecular weight is 415 g/mol. The van der Waals surface area contributed by atoms with Gasteiger partial charge in [-0.3, -0.25) is 4.79 Å². The number of hydrogen-bond donors (Lipinski definition) is 2. The minimum absolute atomic E-state index is 0.0525. The molecule has 0 radical (unpaired) electrons. The molecule has 2 fully saturated rings. The second-order valence-corrected chi connectivity index (χ2v) is 8.53. The Hall–Kier alpha value is -2.83. The molecule has 0 bridgehead atoms. The maximum absolute atomic E-state index is 15.2. The number of ether oxygens (including phenoxy) is 1. The number of thiophene rings is 1. The Morgan fingerprint density at radius 2 is 2.14 bits per heavy atom. The lowest BCUT2D eigenvalue weighted by molar-refractivity contribution is 0.198. The van der Waals surface area contributed by atoms with Crippen LogP contribution in [0, 0.1) is 17.1 Å². The van der Waals surface area contributed by atoms with Gasteiger partial charge in [0.05, 0.1) is 24.1 Å². The van der Waals surface area contributed by atoms with Gasteiger partial charge in [-0.2, -0.15) is 5.26 Å². The Kier molecular flexibility index (Phi) is 3.98. The summed E-state index contributed by atoms with van der Waals surface area (Å²) in [5, 5.41) is 29.8. The number of pyridine rings is 1. The zero-order valence-corrected chi connectivity index (χ0v) is 16.4. The van der Waals surface area contributed by atoms with Gasteiger partial charge < -0.3 is 24.4 Å². The highest BCUT2D eigenvalue weighted by molar-refractivity contribution is 7.19. The monoisotopic (exact) mass is 415 g/mol. The van der Waals surface area contributed by atoms with Crippen LogP contribution in [0.4, 0.5) is 10.1 Å². The third kappa shape index (κ3) is 2.52. The van der Waals surface area contributed by atoms with E-state index in [1.165, 1.54) is 13.2 Å². The Morgan fingerprint density at radius 3 is 2.72 bits per heavy atom. The van der Waals surface area contributed by atoms with Crippen LogP contribution in [0.25, 0.3) is 21.1 Å². The molecule has 1 aromatic carbocycles. The fourth-order valence-corrected chi connectivity index (χ4v) is 5.30. The van der Waals surface area contributed by atoms with Gasteiger partial charge in [-0.05, 0) is 25.3 Å². The molecule has 5 rings (SSSR count). The van der Waals surface area contributed by atoms with Gasteiger partial charge in [-0.25, -0.2) is 4.39 Å². The quantitative estimate of drug-likeness (QED) is 0.683. The molecule has 29 heavy (non-hydrogen) atoms. The van der Waals surface area contributed by atoms with Crippen LogP contribution < -0.4 is 15.1 Å². The molecule has 2 aromatic heterocycles. The van der Waals surface area contributed by atoms with Crippen molar-refractivity contribution in [1.29, 1.82) is 5.26 Å². The van der Waals surface area contributed by atoms with Gasteiger partial charge in [0.1, 0.15) is 26.9 Å². The predicted molar refractivity (Wildman–Crippen MR) is 108 cm³/mol. The maximum atomic E-state index is 15.2. The smallest absolute Gasteiger partial charge is 0.202 e. The number of methoxy groups -OCH3 is 1. The van der Waals surface area contributed by atoms with Gasteiger partial charge >= 0.3 is 0 Å². The second kappa shape index (κ2) is 6.34. The van der Waals surface area contributed by atoms with Crippen molar-refractivity contribution < 1.29 is 19.3 Å². The Morgan fingerprint density at radius 1 is 1.38 bits per heavy atom. The summed E-state index contributed by atoms with van der Waals surface area (Å²) in [6.45, 7) is 0.765. The summed E-state index contributed by atoms with van der Waals surface area (Å²) >= 11 is 1.06. The molecular weight excluding hydrogens is 397 g/mol. The number of aromatic hydroxyl groups is 1. The van der Waals surface area contributed by atoms with Crippen molar-refractivity contribution in [2.75, 3.05) is 25.1 Å². The number of β-amino-alcohol motifs (C(OH)–C–C–N with tert-alkyl or cyclic N) is 1. The van der Waals surface area contributed by atoms with Crippen molar-refractivity contribution in [2.24, 2.45) is 0 Å². The van der Waals surface area contributed by atoms with E-state index < -0.39 is 17.3 Å². The number of halogens is 1. The topological polar surface area (TPSA) is 98.7 Å². The molecule has 1 unspecified atom stereocenters. The van der Waals surface area contributed by atoms with Crippen molar-refractivity contribution in [3.63, 3.8) is 0 Å². The van der Waals surface area contributed by atoms with E-state index >= 15 is 4.39 Å². The number of anilines is 1. The summed E-state index contributed by atoms with van der Waals surface area (Å²) in [7, 11) is 1.43. The first-order chi connectivity index (χ1) is 14.0. The van der Waals surface area contributed by atoms with Gasteiger partial charge in [0.2, 0.25) is 5.43 Å². The van der Waals surface area contributed by atoms with E-state index in [4.69, 9.17) is 4.74 Å². The SMILES string of the molecule is COc1c(N2CCC(O)C2)c(F)cc2c(=O)c3c(O)c(C#N)sc3n(C3CC3)c12. The van der Waals surface area contributed by atoms with Crippen molar-refractivity contribution in [3.05, 3.63) is 27.0 Å². The van der Waals surface area contributed by atoms with E-state index in [9.17, 15) is 20.3 Å². The molecule has 0 spiro atoms. The predicted octanol–water partition coefficient (Wildman–Crippen LogP) is 2.85. The lowest BCUT2D eigenvalue weighted by atomic mass is 10.1. The molecular formula is C20H18FN3O4S. The lowest BCUT2D eigenvalue weighted by Crippen LogP contribution is -2.24. The van der Waals surface area contributed by atoms with Crippen molar-refractivity contribution in [3.8, 4) is 17.6 Å². The van der Waals surface area contributed by atoms with Crippen molar-refractivity contribution in [2.45, 2.75) is 31.4 Å². The molecule has 150 valence electrons. The van der Waals surface area contributed by atoms with Crippen LogP contribution in [0.1, 0.15) is 30.2 Å². The van der Waals surface area contributed by atoms with Gasteiger partial charge in [0, 0.05) is 19.1 Å². The van der Waals surface area contributed by atoms with Crippen molar-refractivity contribution >= 4 is 38.1 Å². The molecule has 1 aliphatic carbocycles. The van der Waals surface area contributed by atoms with E-state index in [0.717, 1.165) is 24.2 Å². The van der Waals surface area contributed by atoms with E-state index in [2.05, 4.69) is 0 Å². The molecule has 3 aromatic rings. The van der Waals surface area contributed by atoms with E-state index in [1.807, 2.05) is 10.6 Å². The summed E-state index contributed by atoms with van der Waals surface area (Å²) in [5.74, 6) is -0.719. The molecule has 2 N–H and O–H groups in total. The molecule has 1 atom stereocenters. The zero-order valence-electron chi connectivity index (χ0n) is 15.6. The maximum Gasteiger partial charge on any atom is 0.202 e. The molecule has 2 aliphatic rings. The standard InChI is InChI=1S/C20H18FN3O4S/c1-28-19-15-11(6-12(21)16(19)23-5-4-10(25)8-23)17(26)14-18(27)13(7-22)29-20(14)24(15)9-2-3-9/h6,9-10,25,27H,2-5,8H2,1H3. The van der Waals surface area contributed by atoms with E-state index in [0.29, 0.717) is 23.3 Å². The fraction of sp³-hybridized carbons (Fsp3) is 0.400. The first-order valence-corrected chi connectivity index (χ1v) is 10.2. The summed E-state index contributed by atoms with van der Waals surface area (Å²) in [4.78, 5) is 15.5. The second-order valence-electron chi connectivity index (χ2n) is 7.53. The highest BCUT2D eigenvalue weighted by Crippen LogP contribution is 2.48. The highest BCUT2D eigenvalue weighted by atomic mass is 32.1. The van der Waals surface area contributed by atoms with Gasteiger partial charge in [-0.15, -0.1) is 11.3 Å². The summed E-state index contributed by atoms with van der Waals surface area (Å²) < 4.78 is 22.7. The average Bonchev–Trinajstić information content (AvgIpc) is 3.36. The number of aliphatic hydroxyl groups is 1. The molecule has 7 nitrogen and oxygen atoms in total. The van der Waals surface area contributed by atoms with Crippen LogP contribution in [0.5, 0.6) is 11.5 Å². The van der Waals surface area contributed by atoms with Crippen molar-refractivity contribution in [1.82, 2.24) is 4.57 Å². The van der Waals surface area contributed by atoms with Gasteiger partial charge in [0.15, 0.2) is 17.3 Å². The van der Waals surface area contributed by atoms with E-state index in [-0.39, 0.29) is 45.4 Å².